The van der Waals surface area contributed by atoms with Crippen LogP contribution in [0.4, 0.5) is 0 Å². The molecule has 2 aliphatic rings. The molecule has 0 spiro atoms. The van der Waals surface area contributed by atoms with E-state index in [0.29, 0.717) is 12.0 Å². The maximum atomic E-state index is 13.3. The molecule has 7 atom stereocenters. The van der Waals surface area contributed by atoms with Crippen molar-refractivity contribution >= 4 is 17.7 Å². The summed E-state index contributed by atoms with van der Waals surface area (Å²) in [5, 5.41) is 40.2. The van der Waals surface area contributed by atoms with Crippen molar-refractivity contribution in [1.82, 2.24) is 0 Å². The second-order valence-electron chi connectivity index (χ2n) is 11.0. The molecule has 4 N–H and O–H groups in total. The molecule has 0 saturated heterocycles. The normalized spacial score (nSPS) is 31.1. The van der Waals surface area contributed by atoms with Crippen LogP contribution >= 0.6 is 0 Å². The van der Waals surface area contributed by atoms with Gasteiger partial charge in [-0.3, -0.25) is 9.59 Å². The van der Waals surface area contributed by atoms with Crippen LogP contribution in [0, 0.1) is 23.2 Å². The quantitative estimate of drug-likeness (QED) is 0.175. The highest BCUT2D eigenvalue weighted by Crippen LogP contribution is 2.53. The first-order valence-corrected chi connectivity index (χ1v) is 13.2. The number of carboxylic acids is 1. The van der Waals surface area contributed by atoms with Gasteiger partial charge in [-0.05, 0) is 58.1 Å². The Bertz CT molecular complexity index is 1120. The summed E-state index contributed by atoms with van der Waals surface area (Å²) < 4.78 is 5.98. The molecule has 0 fully saturated rings. The van der Waals surface area contributed by atoms with Gasteiger partial charge in [0.15, 0.2) is 0 Å². The average molecular weight is 543 g/mol. The van der Waals surface area contributed by atoms with Crippen LogP contribution in [0.3, 0.4) is 0 Å². The van der Waals surface area contributed by atoms with Crippen molar-refractivity contribution in [3.05, 3.63) is 71.4 Å². The second kappa shape index (κ2) is 13.3. The molecule has 2 unspecified atom stereocenters. The summed E-state index contributed by atoms with van der Waals surface area (Å²) in [5.41, 5.74) is -0.699. The van der Waals surface area contributed by atoms with Gasteiger partial charge in [0.05, 0.1) is 23.0 Å². The monoisotopic (exact) mass is 542 g/mol. The van der Waals surface area contributed by atoms with Gasteiger partial charge in [-0.25, -0.2) is 4.79 Å². The molecule has 0 saturated carbocycles. The topological polar surface area (TPSA) is 141 Å². The van der Waals surface area contributed by atoms with Gasteiger partial charge in [0.25, 0.3) is 0 Å². The average Bonchev–Trinajstić information content (AvgIpc) is 2.85. The Balaban J connectivity index is 2.24. The minimum atomic E-state index is -1.51. The molecular formula is C31H42O8. The van der Waals surface area contributed by atoms with E-state index in [-0.39, 0.29) is 24.7 Å². The van der Waals surface area contributed by atoms with Crippen LogP contribution in [0.25, 0.3) is 0 Å². The number of ketones is 1. The molecule has 2 rings (SSSR count). The summed E-state index contributed by atoms with van der Waals surface area (Å²) in [5.74, 6) is -3.40. The Morgan fingerprint density at radius 1 is 1.15 bits per heavy atom. The van der Waals surface area contributed by atoms with Crippen LogP contribution in [0.2, 0.25) is 0 Å². The molecule has 214 valence electrons. The van der Waals surface area contributed by atoms with Gasteiger partial charge in [0.1, 0.15) is 11.9 Å². The lowest BCUT2D eigenvalue weighted by Crippen LogP contribution is -2.59. The molecule has 0 heterocycles. The van der Waals surface area contributed by atoms with E-state index in [1.165, 1.54) is 6.08 Å². The van der Waals surface area contributed by atoms with Gasteiger partial charge < -0.3 is 25.2 Å². The highest BCUT2D eigenvalue weighted by atomic mass is 16.5. The number of Topliss-reactive ketones (excluding diaryl/α,β-unsaturated/α-hetero) is 1. The molecule has 0 aromatic heterocycles. The van der Waals surface area contributed by atoms with Crippen molar-refractivity contribution in [3.63, 3.8) is 0 Å². The van der Waals surface area contributed by atoms with Crippen LogP contribution in [-0.4, -0.2) is 62.6 Å². The number of fused-ring (bicyclic) bond motifs is 1. The summed E-state index contributed by atoms with van der Waals surface area (Å²) in [6.07, 6.45) is 13.1. The third-order valence-corrected chi connectivity index (χ3v) is 7.90. The summed E-state index contributed by atoms with van der Waals surface area (Å²) >= 11 is 0. The van der Waals surface area contributed by atoms with Gasteiger partial charge in [-0.2, -0.15) is 0 Å². The van der Waals surface area contributed by atoms with Crippen LogP contribution in [0.1, 0.15) is 54.4 Å². The number of aliphatic hydroxyl groups excluding tert-OH is 2. The summed E-state index contributed by atoms with van der Waals surface area (Å²) in [6.45, 7) is 9.93. The number of hydrogen-bond donors (Lipinski definition) is 4. The molecule has 0 aromatic rings. The molecule has 8 nitrogen and oxygen atoms in total. The first-order valence-electron chi connectivity index (χ1n) is 13.2. The Hall–Kier alpha value is -3.07. The Labute approximate surface area is 230 Å². The van der Waals surface area contributed by atoms with Gasteiger partial charge in [-0.15, -0.1) is 0 Å². The number of carbonyl (C=O) groups is 3. The second-order valence-corrected chi connectivity index (χ2v) is 11.0. The maximum absolute atomic E-state index is 13.3. The minimum absolute atomic E-state index is 0.0626. The number of allylic oxidation sites excluding steroid dienone is 8. The molecule has 8 heteroatoms. The predicted molar refractivity (Wildman–Crippen MR) is 148 cm³/mol. The molecule has 2 aliphatic carbocycles. The number of carbonyl (C=O) groups excluding carboxylic acids is 2. The zero-order valence-electron chi connectivity index (χ0n) is 23.6. The lowest BCUT2D eigenvalue weighted by atomic mass is 9.54. The van der Waals surface area contributed by atoms with Crippen LogP contribution in [-0.2, 0) is 19.1 Å². The zero-order valence-corrected chi connectivity index (χ0v) is 23.6. The number of ether oxygens (including phenoxy) is 1. The van der Waals surface area contributed by atoms with E-state index in [4.69, 9.17) is 9.84 Å². The van der Waals surface area contributed by atoms with Crippen LogP contribution < -0.4 is 0 Å². The van der Waals surface area contributed by atoms with E-state index in [1.54, 1.807) is 71.1 Å². The lowest BCUT2D eigenvalue weighted by molar-refractivity contribution is -0.172. The fraction of sp³-hybridized carbons (Fsp3) is 0.516. The fourth-order valence-corrected chi connectivity index (χ4v) is 5.33. The number of esters is 1. The third kappa shape index (κ3) is 7.53. The molecule has 0 aliphatic heterocycles. The van der Waals surface area contributed by atoms with E-state index in [2.05, 4.69) is 0 Å². The molecule has 0 amide bonds. The minimum Gasteiger partial charge on any atom is -0.478 e. The lowest BCUT2D eigenvalue weighted by Gasteiger charge is -2.52. The van der Waals surface area contributed by atoms with Crippen molar-refractivity contribution in [2.45, 2.75) is 72.2 Å². The maximum Gasteiger partial charge on any atom is 0.328 e. The molecule has 39 heavy (non-hydrogen) atoms. The largest absolute Gasteiger partial charge is 0.478 e. The van der Waals surface area contributed by atoms with Gasteiger partial charge in [0.2, 0.25) is 0 Å². The smallest absolute Gasteiger partial charge is 0.328 e. The summed E-state index contributed by atoms with van der Waals surface area (Å²) in [4.78, 5) is 37.1. The molecule has 0 aromatic carbocycles. The highest BCUT2D eigenvalue weighted by Gasteiger charge is 2.59. The number of aliphatic carboxylic acids is 1. The predicted octanol–water partition coefficient (Wildman–Crippen LogP) is 3.85. The van der Waals surface area contributed by atoms with E-state index in [9.17, 15) is 29.7 Å². The van der Waals surface area contributed by atoms with Crippen LogP contribution in [0.15, 0.2) is 71.4 Å². The number of aliphatic hydroxyl groups is 3. The van der Waals surface area contributed by atoms with Crippen molar-refractivity contribution in [3.8, 4) is 0 Å². The number of rotatable bonds is 11. The Kier molecular flexibility index (Phi) is 11.0. The van der Waals surface area contributed by atoms with Gasteiger partial charge >= 0.3 is 11.9 Å². The van der Waals surface area contributed by atoms with Crippen molar-refractivity contribution in [2.24, 2.45) is 23.2 Å². The van der Waals surface area contributed by atoms with Crippen molar-refractivity contribution in [1.29, 1.82) is 0 Å². The molecule has 0 bridgehead atoms. The molecular weight excluding hydrogens is 500 g/mol. The summed E-state index contributed by atoms with van der Waals surface area (Å²) in [7, 11) is 0. The van der Waals surface area contributed by atoms with Gasteiger partial charge in [-0.1, -0.05) is 61.1 Å². The Morgan fingerprint density at radius 2 is 1.79 bits per heavy atom. The standard InChI is InChI=1S/C31H42O8/c1-19(10-8-12-26(34)35)9-7-11-21(3)28(36)22(4)29(37)39-24-18-20(2)17-23-13-15-30(5,38)31(6,27(23)24)25(33)14-16-32/h7-13,15,17,20,22,24,27-28,32,36,38H,14,16,18H2,1-6H3,(H,34,35)/b9-7+,12-8+,19-10+,21-11+/t20-,22?,24-,27+,28?,30+,31+/m0/s1. The Morgan fingerprint density at radius 3 is 2.41 bits per heavy atom. The SMILES string of the molecule is CC(/C=C/C=C(\C)C(O)C(C)C(=O)O[C@H]1C[C@@H](C)C=C2C=C[C@@](C)(O)[C@](C)(C(=O)CCO)[C@H]21)=C\C=C\C(=O)O. The highest BCUT2D eigenvalue weighted by molar-refractivity contribution is 5.88. The first-order chi connectivity index (χ1) is 18.1. The van der Waals surface area contributed by atoms with E-state index in [1.807, 2.05) is 13.0 Å². The molecule has 0 radical (unpaired) electrons. The zero-order chi connectivity index (χ0) is 29.5. The van der Waals surface area contributed by atoms with E-state index >= 15 is 0 Å². The van der Waals surface area contributed by atoms with Crippen LogP contribution in [0.5, 0.6) is 0 Å². The number of carboxylic acid groups (broad SMARTS) is 1. The van der Waals surface area contributed by atoms with Gasteiger partial charge in [0, 0.05) is 25.0 Å². The first kappa shape index (κ1) is 32.1. The van der Waals surface area contributed by atoms with E-state index < -0.39 is 47.0 Å². The fourth-order valence-electron chi connectivity index (χ4n) is 5.33. The van der Waals surface area contributed by atoms with E-state index in [0.717, 1.165) is 17.2 Å². The van der Waals surface area contributed by atoms with Crippen molar-refractivity contribution in [2.75, 3.05) is 6.61 Å². The van der Waals surface area contributed by atoms with Crippen molar-refractivity contribution < 1.29 is 39.5 Å². The third-order valence-electron chi connectivity index (χ3n) is 7.90. The number of hydrogen-bond acceptors (Lipinski definition) is 7. The summed E-state index contributed by atoms with van der Waals surface area (Å²) in [6, 6.07) is 0.